The zero-order valence-corrected chi connectivity index (χ0v) is 15.1. The molecule has 0 bridgehead atoms. The van der Waals surface area contributed by atoms with E-state index in [-0.39, 0.29) is 6.04 Å². The number of hydrogen-bond donors (Lipinski definition) is 1. The second-order valence-electron chi connectivity index (χ2n) is 6.42. The van der Waals surface area contributed by atoms with Gasteiger partial charge in [0.25, 0.3) is 0 Å². The lowest BCUT2D eigenvalue weighted by Crippen LogP contribution is -2.10. The molecule has 134 valence electrons. The van der Waals surface area contributed by atoms with Gasteiger partial charge < -0.3 is 5.32 Å². The van der Waals surface area contributed by atoms with Crippen LogP contribution in [0.25, 0.3) is 17.0 Å². The monoisotopic (exact) mass is 357 g/mol. The van der Waals surface area contributed by atoms with Crippen LogP contribution in [0.4, 0.5) is 5.95 Å². The molecule has 0 radical (unpaired) electrons. The minimum Gasteiger partial charge on any atom is -0.348 e. The van der Waals surface area contributed by atoms with E-state index in [1.165, 1.54) is 0 Å². The average Bonchev–Trinajstić information content (AvgIpc) is 3.14. The van der Waals surface area contributed by atoms with Gasteiger partial charge in [-0.05, 0) is 31.0 Å². The molecule has 0 amide bonds. The molecule has 1 atom stereocenters. The molecular weight excluding hydrogens is 338 g/mol. The van der Waals surface area contributed by atoms with Crippen LogP contribution < -0.4 is 5.32 Å². The van der Waals surface area contributed by atoms with E-state index >= 15 is 0 Å². The summed E-state index contributed by atoms with van der Waals surface area (Å²) in [6.45, 7) is 4.05. The summed E-state index contributed by atoms with van der Waals surface area (Å²) in [5.74, 6) is 0.467. The number of nitrogens with zero attached hydrogens (tertiary/aromatic N) is 4. The Morgan fingerprint density at radius 2 is 1.89 bits per heavy atom. The van der Waals surface area contributed by atoms with Gasteiger partial charge in [-0.3, -0.25) is 9.20 Å². The highest BCUT2D eigenvalue weighted by Gasteiger charge is 2.15. The number of carbonyl (C=O) groups excluding carboxylic acids is 1. The van der Waals surface area contributed by atoms with Crippen molar-refractivity contribution in [2.45, 2.75) is 19.9 Å². The molecule has 0 aliphatic rings. The van der Waals surface area contributed by atoms with Gasteiger partial charge in [-0.25, -0.2) is 15.0 Å². The van der Waals surface area contributed by atoms with Gasteiger partial charge in [0.05, 0.1) is 23.5 Å². The van der Waals surface area contributed by atoms with Gasteiger partial charge in [-0.1, -0.05) is 36.4 Å². The molecule has 0 fully saturated rings. The van der Waals surface area contributed by atoms with Crippen LogP contribution in [0.3, 0.4) is 0 Å². The molecule has 0 saturated heterocycles. The smallest absolute Gasteiger partial charge is 0.223 e. The van der Waals surface area contributed by atoms with E-state index in [9.17, 15) is 4.79 Å². The standard InChI is InChI=1S/C21H19N5O/c1-14-7-6-10-26-18(12-22-20(14)26)19-17(13-27)11-23-21(25-19)24-15(2)16-8-4-3-5-9-16/h3-13,15H,1-2H3,(H,23,24,25)/t15-/m0/s1. The van der Waals surface area contributed by atoms with Crippen LogP contribution in [-0.2, 0) is 0 Å². The second kappa shape index (κ2) is 6.99. The first-order valence-corrected chi connectivity index (χ1v) is 8.74. The third kappa shape index (κ3) is 3.17. The van der Waals surface area contributed by atoms with Crippen LogP contribution in [0.15, 0.2) is 61.1 Å². The van der Waals surface area contributed by atoms with Gasteiger partial charge in [0, 0.05) is 12.4 Å². The highest BCUT2D eigenvalue weighted by Crippen LogP contribution is 2.25. The van der Waals surface area contributed by atoms with Gasteiger partial charge >= 0.3 is 0 Å². The number of fused-ring (bicyclic) bond motifs is 1. The number of aromatic nitrogens is 4. The summed E-state index contributed by atoms with van der Waals surface area (Å²) in [5.41, 5.74) is 4.77. The fourth-order valence-electron chi connectivity index (χ4n) is 3.10. The van der Waals surface area contributed by atoms with Crippen molar-refractivity contribution in [1.82, 2.24) is 19.4 Å². The number of aryl methyl sites for hydroxylation is 1. The molecule has 4 aromatic rings. The molecule has 3 heterocycles. The topological polar surface area (TPSA) is 72.2 Å². The van der Waals surface area contributed by atoms with Gasteiger partial charge in [-0.2, -0.15) is 0 Å². The van der Waals surface area contributed by atoms with Gasteiger partial charge in [0.2, 0.25) is 5.95 Å². The summed E-state index contributed by atoms with van der Waals surface area (Å²) in [6, 6.07) is 14.1. The molecule has 3 aromatic heterocycles. The number of hydrogen-bond acceptors (Lipinski definition) is 5. The minimum atomic E-state index is 0.0329. The first kappa shape index (κ1) is 16.9. The number of imidazole rings is 1. The molecule has 0 aliphatic carbocycles. The van der Waals surface area contributed by atoms with Crippen molar-refractivity contribution in [3.63, 3.8) is 0 Å². The van der Waals surface area contributed by atoms with E-state index in [2.05, 4.69) is 20.3 Å². The zero-order valence-electron chi connectivity index (χ0n) is 15.1. The second-order valence-corrected chi connectivity index (χ2v) is 6.42. The largest absolute Gasteiger partial charge is 0.348 e. The predicted molar refractivity (Wildman–Crippen MR) is 105 cm³/mol. The van der Waals surface area contributed by atoms with E-state index in [0.717, 1.165) is 28.8 Å². The number of aldehydes is 1. The van der Waals surface area contributed by atoms with E-state index in [0.29, 0.717) is 17.2 Å². The maximum atomic E-state index is 11.6. The lowest BCUT2D eigenvalue weighted by Gasteiger charge is -2.15. The van der Waals surface area contributed by atoms with Crippen molar-refractivity contribution < 1.29 is 4.79 Å². The summed E-state index contributed by atoms with van der Waals surface area (Å²) in [5, 5.41) is 3.30. The Morgan fingerprint density at radius 1 is 1.07 bits per heavy atom. The lowest BCUT2D eigenvalue weighted by molar-refractivity contribution is 0.112. The van der Waals surface area contributed by atoms with E-state index < -0.39 is 0 Å². The summed E-state index contributed by atoms with van der Waals surface area (Å²) >= 11 is 0. The van der Waals surface area contributed by atoms with Gasteiger partial charge in [0.15, 0.2) is 6.29 Å². The van der Waals surface area contributed by atoms with Crippen molar-refractivity contribution in [1.29, 1.82) is 0 Å². The molecule has 6 nitrogen and oxygen atoms in total. The van der Waals surface area contributed by atoms with Crippen LogP contribution >= 0.6 is 0 Å². The molecule has 0 saturated carbocycles. The van der Waals surface area contributed by atoms with E-state index in [1.807, 2.05) is 66.9 Å². The third-order valence-corrected chi connectivity index (χ3v) is 4.56. The molecule has 0 aliphatic heterocycles. The molecule has 0 unspecified atom stereocenters. The predicted octanol–water partition coefficient (Wildman–Crippen LogP) is 4.09. The summed E-state index contributed by atoms with van der Waals surface area (Å²) in [6.07, 6.45) is 5.97. The normalized spacial score (nSPS) is 12.1. The molecule has 27 heavy (non-hydrogen) atoms. The fourth-order valence-corrected chi connectivity index (χ4v) is 3.10. The molecule has 6 heteroatoms. The number of benzene rings is 1. The van der Waals surface area contributed by atoms with Crippen molar-refractivity contribution in [2.24, 2.45) is 0 Å². The Hall–Kier alpha value is -3.54. The number of nitrogens with one attached hydrogen (secondary N) is 1. The summed E-state index contributed by atoms with van der Waals surface area (Å²) < 4.78 is 1.94. The maximum Gasteiger partial charge on any atom is 0.223 e. The highest BCUT2D eigenvalue weighted by atomic mass is 16.1. The van der Waals surface area contributed by atoms with Gasteiger partial charge in [-0.15, -0.1) is 0 Å². The van der Waals surface area contributed by atoms with Crippen molar-refractivity contribution >= 4 is 17.9 Å². The van der Waals surface area contributed by atoms with Crippen LogP contribution in [0.1, 0.15) is 34.5 Å². The van der Waals surface area contributed by atoms with Gasteiger partial charge in [0.1, 0.15) is 11.3 Å². The molecule has 1 aromatic carbocycles. The Morgan fingerprint density at radius 3 is 2.67 bits per heavy atom. The average molecular weight is 357 g/mol. The first-order valence-electron chi connectivity index (χ1n) is 8.74. The van der Waals surface area contributed by atoms with Crippen LogP contribution in [0.2, 0.25) is 0 Å². The van der Waals surface area contributed by atoms with Crippen LogP contribution in [0, 0.1) is 6.92 Å². The van der Waals surface area contributed by atoms with Crippen molar-refractivity contribution in [2.75, 3.05) is 5.32 Å². The zero-order chi connectivity index (χ0) is 18.8. The van der Waals surface area contributed by atoms with Crippen LogP contribution in [-0.4, -0.2) is 25.6 Å². The molecule has 0 spiro atoms. The Labute approximate surface area is 156 Å². The first-order chi connectivity index (χ1) is 13.2. The number of anilines is 1. The number of rotatable bonds is 5. The quantitative estimate of drug-likeness (QED) is 0.545. The van der Waals surface area contributed by atoms with Crippen LogP contribution in [0.5, 0.6) is 0 Å². The minimum absolute atomic E-state index is 0.0329. The lowest BCUT2D eigenvalue weighted by atomic mass is 10.1. The molecule has 4 rings (SSSR count). The highest BCUT2D eigenvalue weighted by molar-refractivity contribution is 5.85. The van der Waals surface area contributed by atoms with Crippen molar-refractivity contribution in [3.8, 4) is 11.4 Å². The third-order valence-electron chi connectivity index (χ3n) is 4.56. The van der Waals surface area contributed by atoms with E-state index in [4.69, 9.17) is 0 Å². The molecule has 1 N–H and O–H groups in total. The molecular formula is C21H19N5O. The number of pyridine rings is 1. The SMILES string of the molecule is Cc1cccn2c(-c3nc(N[C@@H](C)c4ccccc4)ncc3C=O)cnc12. The number of carbonyl (C=O) groups is 1. The maximum absolute atomic E-state index is 11.6. The van der Waals surface area contributed by atoms with Crippen molar-refractivity contribution in [3.05, 3.63) is 77.7 Å². The summed E-state index contributed by atoms with van der Waals surface area (Å²) in [4.78, 5) is 24.9. The fraction of sp³-hybridized carbons (Fsp3) is 0.143. The Bertz CT molecular complexity index is 1100. The van der Waals surface area contributed by atoms with E-state index in [1.54, 1.807) is 12.4 Å². The Kier molecular flexibility index (Phi) is 4.38. The Balaban J connectivity index is 1.75. The summed E-state index contributed by atoms with van der Waals surface area (Å²) in [7, 11) is 0.